The standard InChI is InChI=1S/C22H25ClN2O3.C6H5Cl/c1-22(2,27)15-6-9-18-19(10-15)20(26)25(12-17-8-7-16(23)11-24-17)21(18)28-13-14-4-3-5-14;7-6-4-2-1-3-5-6/h6-11,14,21,27H,3-5,12-13H2,1-2H3;1-5H. The summed E-state index contributed by atoms with van der Waals surface area (Å²) in [7, 11) is 0. The van der Waals surface area contributed by atoms with Crippen molar-refractivity contribution in [1.82, 2.24) is 9.88 Å². The number of aromatic nitrogens is 1. The van der Waals surface area contributed by atoms with E-state index in [0.717, 1.165) is 16.3 Å². The predicted octanol–water partition coefficient (Wildman–Crippen LogP) is 6.77. The summed E-state index contributed by atoms with van der Waals surface area (Å²) in [6, 6.07) is 18.6. The lowest BCUT2D eigenvalue weighted by molar-refractivity contribution is -0.0647. The number of ether oxygens (including phenoxy) is 1. The molecule has 2 aromatic carbocycles. The molecule has 1 N–H and O–H groups in total. The molecule has 1 saturated carbocycles. The Labute approximate surface area is 216 Å². The Bertz CT molecular complexity index is 1140. The van der Waals surface area contributed by atoms with E-state index in [-0.39, 0.29) is 5.91 Å². The van der Waals surface area contributed by atoms with Crippen molar-refractivity contribution in [2.45, 2.75) is 51.5 Å². The first kappa shape index (κ1) is 25.6. The number of carbonyl (C=O) groups is 1. The van der Waals surface area contributed by atoms with Crippen LogP contribution in [0.1, 0.15) is 66.5 Å². The molecule has 1 fully saturated rings. The maximum Gasteiger partial charge on any atom is 0.256 e. The number of benzene rings is 2. The highest BCUT2D eigenvalue weighted by Crippen LogP contribution is 2.39. The molecule has 2 aliphatic rings. The van der Waals surface area contributed by atoms with Crippen molar-refractivity contribution in [1.29, 1.82) is 0 Å². The van der Waals surface area contributed by atoms with Gasteiger partial charge in [0.2, 0.25) is 0 Å². The Morgan fingerprint density at radius 3 is 2.34 bits per heavy atom. The number of halogens is 2. The third-order valence-electron chi connectivity index (χ3n) is 6.37. The van der Waals surface area contributed by atoms with E-state index < -0.39 is 11.8 Å². The maximum atomic E-state index is 13.2. The molecule has 1 aliphatic heterocycles. The van der Waals surface area contributed by atoms with Crippen LogP contribution in [0.5, 0.6) is 0 Å². The molecule has 5 rings (SSSR count). The lowest BCUT2D eigenvalue weighted by atomic mass is 9.86. The van der Waals surface area contributed by atoms with E-state index >= 15 is 0 Å². The number of rotatable bonds is 6. The van der Waals surface area contributed by atoms with E-state index in [1.807, 2.05) is 48.5 Å². The summed E-state index contributed by atoms with van der Waals surface area (Å²) in [4.78, 5) is 19.2. The van der Waals surface area contributed by atoms with Gasteiger partial charge < -0.3 is 14.7 Å². The quantitative estimate of drug-likeness (QED) is 0.395. The van der Waals surface area contributed by atoms with Gasteiger partial charge in [-0.3, -0.25) is 9.78 Å². The van der Waals surface area contributed by atoms with Crippen LogP contribution in [0.25, 0.3) is 0 Å². The highest BCUT2D eigenvalue weighted by atomic mass is 35.5. The number of fused-ring (bicyclic) bond motifs is 1. The minimum absolute atomic E-state index is 0.101. The first-order valence-corrected chi connectivity index (χ1v) is 12.6. The Morgan fingerprint density at radius 2 is 1.80 bits per heavy atom. The molecule has 0 spiro atoms. The maximum absolute atomic E-state index is 13.2. The van der Waals surface area contributed by atoms with Crippen molar-refractivity contribution in [3.8, 4) is 0 Å². The highest BCUT2D eigenvalue weighted by Gasteiger charge is 2.39. The number of hydrogen-bond acceptors (Lipinski definition) is 4. The molecule has 35 heavy (non-hydrogen) atoms. The minimum atomic E-state index is -1.01. The van der Waals surface area contributed by atoms with Gasteiger partial charge in [0, 0.05) is 22.3 Å². The fourth-order valence-electron chi connectivity index (χ4n) is 4.08. The van der Waals surface area contributed by atoms with Gasteiger partial charge in [0.1, 0.15) is 0 Å². The van der Waals surface area contributed by atoms with Crippen LogP contribution in [0.4, 0.5) is 0 Å². The van der Waals surface area contributed by atoms with Crippen LogP contribution in [-0.2, 0) is 16.9 Å². The second-order valence-corrected chi connectivity index (χ2v) is 10.4. The zero-order valence-electron chi connectivity index (χ0n) is 20.0. The lowest BCUT2D eigenvalue weighted by Crippen LogP contribution is -2.31. The van der Waals surface area contributed by atoms with E-state index in [2.05, 4.69) is 4.98 Å². The third kappa shape index (κ3) is 6.42. The van der Waals surface area contributed by atoms with Crippen LogP contribution in [0.2, 0.25) is 10.0 Å². The Hall–Kier alpha value is -2.44. The van der Waals surface area contributed by atoms with Gasteiger partial charge in [-0.05, 0) is 68.5 Å². The molecule has 5 nitrogen and oxygen atoms in total. The largest absolute Gasteiger partial charge is 0.386 e. The van der Waals surface area contributed by atoms with Crippen LogP contribution < -0.4 is 0 Å². The second kappa shape index (κ2) is 11.1. The topological polar surface area (TPSA) is 62.7 Å². The van der Waals surface area contributed by atoms with Gasteiger partial charge in [-0.1, -0.05) is 60.0 Å². The van der Waals surface area contributed by atoms with Gasteiger partial charge in [-0.2, -0.15) is 0 Å². The number of hydrogen-bond donors (Lipinski definition) is 1. The molecule has 184 valence electrons. The van der Waals surface area contributed by atoms with E-state index in [0.29, 0.717) is 35.2 Å². The minimum Gasteiger partial charge on any atom is -0.386 e. The SMILES string of the molecule is CC(C)(O)c1ccc2c(c1)C(=O)N(Cc1ccc(Cl)cn1)C2OCC1CCC1.Clc1ccccc1. The molecule has 1 amide bonds. The Balaban J connectivity index is 0.000000356. The molecular formula is C28H30Cl2N2O3. The normalized spacial score (nSPS) is 17.5. The highest BCUT2D eigenvalue weighted by molar-refractivity contribution is 6.30. The fourth-order valence-corrected chi connectivity index (χ4v) is 4.33. The summed E-state index contributed by atoms with van der Waals surface area (Å²) < 4.78 is 6.23. The van der Waals surface area contributed by atoms with E-state index in [9.17, 15) is 9.90 Å². The van der Waals surface area contributed by atoms with Crippen LogP contribution in [-0.4, -0.2) is 27.5 Å². The molecule has 0 bridgehead atoms. The van der Waals surface area contributed by atoms with Gasteiger partial charge in [0.05, 0.1) is 29.5 Å². The fraction of sp³-hybridized carbons (Fsp3) is 0.357. The van der Waals surface area contributed by atoms with Crippen LogP contribution in [0, 0.1) is 5.92 Å². The number of nitrogens with zero attached hydrogens (tertiary/aromatic N) is 2. The van der Waals surface area contributed by atoms with E-state index in [4.69, 9.17) is 27.9 Å². The summed E-state index contributed by atoms with van der Waals surface area (Å²) in [5.74, 6) is 0.474. The first-order valence-electron chi connectivity index (χ1n) is 11.8. The van der Waals surface area contributed by atoms with Crippen molar-refractivity contribution >= 4 is 29.1 Å². The summed E-state index contributed by atoms with van der Waals surface area (Å²) in [5, 5.41) is 11.7. The number of amides is 1. The molecule has 0 radical (unpaired) electrons. The van der Waals surface area contributed by atoms with Gasteiger partial charge in [-0.15, -0.1) is 0 Å². The monoisotopic (exact) mass is 512 g/mol. The smallest absolute Gasteiger partial charge is 0.256 e. The van der Waals surface area contributed by atoms with Gasteiger partial charge in [0.15, 0.2) is 6.23 Å². The van der Waals surface area contributed by atoms with Crippen molar-refractivity contribution < 1.29 is 14.6 Å². The van der Waals surface area contributed by atoms with Crippen molar-refractivity contribution in [2.24, 2.45) is 5.92 Å². The molecule has 0 saturated heterocycles. The summed E-state index contributed by atoms with van der Waals surface area (Å²) >= 11 is 11.5. The molecule has 7 heteroatoms. The average Bonchev–Trinajstić information content (AvgIpc) is 3.05. The average molecular weight is 513 g/mol. The second-order valence-electron chi connectivity index (χ2n) is 9.54. The van der Waals surface area contributed by atoms with Gasteiger partial charge in [0.25, 0.3) is 5.91 Å². The lowest BCUT2D eigenvalue weighted by Gasteiger charge is -2.30. The van der Waals surface area contributed by atoms with Crippen molar-refractivity contribution in [2.75, 3.05) is 6.61 Å². The third-order valence-corrected chi connectivity index (χ3v) is 6.84. The predicted molar refractivity (Wildman–Crippen MR) is 138 cm³/mol. The molecule has 2 heterocycles. The molecule has 1 aromatic heterocycles. The van der Waals surface area contributed by atoms with E-state index in [1.165, 1.54) is 19.3 Å². The molecule has 1 atom stereocenters. The van der Waals surface area contributed by atoms with Crippen molar-refractivity contribution in [3.63, 3.8) is 0 Å². The molecule has 1 unspecified atom stereocenters. The summed E-state index contributed by atoms with van der Waals surface area (Å²) in [5.41, 5.74) is 1.90. The molecular weight excluding hydrogens is 483 g/mol. The van der Waals surface area contributed by atoms with E-state index in [1.54, 1.807) is 37.1 Å². The number of aliphatic hydroxyl groups is 1. The van der Waals surface area contributed by atoms with Crippen LogP contribution in [0.15, 0.2) is 66.9 Å². The summed E-state index contributed by atoms with van der Waals surface area (Å²) in [6.07, 6.45) is 4.77. The zero-order valence-corrected chi connectivity index (χ0v) is 21.5. The van der Waals surface area contributed by atoms with Gasteiger partial charge >= 0.3 is 0 Å². The molecule has 3 aromatic rings. The molecule has 1 aliphatic carbocycles. The Kier molecular flexibility index (Phi) is 8.12. The first-order chi connectivity index (χ1) is 16.7. The van der Waals surface area contributed by atoms with Crippen LogP contribution >= 0.6 is 23.2 Å². The summed E-state index contributed by atoms with van der Waals surface area (Å²) in [6.45, 7) is 4.43. The number of carbonyl (C=O) groups excluding carboxylic acids is 1. The zero-order chi connectivity index (χ0) is 25.0. The van der Waals surface area contributed by atoms with Gasteiger partial charge in [-0.25, -0.2) is 0 Å². The van der Waals surface area contributed by atoms with Crippen LogP contribution in [0.3, 0.4) is 0 Å². The number of pyridine rings is 1. The Morgan fingerprint density at radius 1 is 1.06 bits per heavy atom. The van der Waals surface area contributed by atoms with Crippen molar-refractivity contribution in [3.05, 3.63) is 99.3 Å².